The van der Waals surface area contributed by atoms with Crippen LogP contribution in [0, 0.1) is 0 Å². The fourth-order valence-electron chi connectivity index (χ4n) is 3.35. The summed E-state index contributed by atoms with van der Waals surface area (Å²) < 4.78 is 10.9. The summed E-state index contributed by atoms with van der Waals surface area (Å²) in [7, 11) is 1.72. The van der Waals surface area contributed by atoms with Gasteiger partial charge in [0.15, 0.2) is 6.61 Å². The van der Waals surface area contributed by atoms with Crippen molar-refractivity contribution in [1.29, 1.82) is 0 Å². The molecule has 0 atom stereocenters. The normalized spacial score (nSPS) is 14.5. The highest BCUT2D eigenvalue weighted by Gasteiger charge is 2.19. The number of hydrogen-bond donors (Lipinski definition) is 1. The van der Waals surface area contributed by atoms with Crippen LogP contribution in [-0.4, -0.2) is 63.8 Å². The van der Waals surface area contributed by atoms with Crippen molar-refractivity contribution in [2.24, 2.45) is 0 Å². The number of para-hydroxylation sites is 3. The molecule has 1 saturated heterocycles. The average Bonchev–Trinajstić information content (AvgIpc) is 2.76. The van der Waals surface area contributed by atoms with Crippen LogP contribution in [0.1, 0.15) is 6.42 Å². The Bertz CT molecular complexity index is 731. The minimum absolute atomic E-state index is 0.0571. The lowest BCUT2D eigenvalue weighted by atomic mass is 10.2. The van der Waals surface area contributed by atoms with Crippen molar-refractivity contribution in [1.82, 2.24) is 10.2 Å². The Morgan fingerprint density at radius 3 is 2.46 bits per heavy atom. The molecule has 0 radical (unpaired) electrons. The number of carbonyl (C=O) groups excluding carboxylic acids is 1. The van der Waals surface area contributed by atoms with Gasteiger partial charge in [-0.3, -0.25) is 9.69 Å². The van der Waals surface area contributed by atoms with Gasteiger partial charge in [-0.2, -0.15) is 0 Å². The first-order valence-corrected chi connectivity index (χ1v) is 9.81. The Hall–Kier alpha value is -2.73. The number of hydrogen-bond acceptors (Lipinski definition) is 5. The quantitative estimate of drug-likeness (QED) is 0.674. The molecule has 1 amide bonds. The fraction of sp³-hybridized carbons (Fsp3) is 0.409. The molecular formula is C22H29N3O3. The molecule has 0 bridgehead atoms. The maximum Gasteiger partial charge on any atom is 0.257 e. The van der Waals surface area contributed by atoms with Gasteiger partial charge in [-0.05, 0) is 37.2 Å². The van der Waals surface area contributed by atoms with Gasteiger partial charge in [0.25, 0.3) is 5.91 Å². The predicted molar refractivity (Wildman–Crippen MR) is 111 cm³/mol. The van der Waals surface area contributed by atoms with Crippen LogP contribution in [0.25, 0.3) is 0 Å². The first-order chi connectivity index (χ1) is 13.8. The molecule has 0 aliphatic carbocycles. The van der Waals surface area contributed by atoms with E-state index >= 15 is 0 Å². The first-order valence-electron chi connectivity index (χ1n) is 9.81. The van der Waals surface area contributed by atoms with E-state index in [1.807, 2.05) is 42.5 Å². The van der Waals surface area contributed by atoms with E-state index in [4.69, 9.17) is 9.47 Å². The number of ether oxygens (including phenoxy) is 2. The van der Waals surface area contributed by atoms with Gasteiger partial charge in [-0.15, -0.1) is 0 Å². The summed E-state index contributed by atoms with van der Waals surface area (Å²) >= 11 is 0. The third kappa shape index (κ3) is 5.89. The Morgan fingerprint density at radius 1 is 1.00 bits per heavy atom. The minimum atomic E-state index is -0.0788. The number of benzene rings is 2. The van der Waals surface area contributed by atoms with E-state index in [0.29, 0.717) is 12.3 Å². The van der Waals surface area contributed by atoms with Gasteiger partial charge in [-0.1, -0.05) is 30.3 Å². The van der Waals surface area contributed by atoms with E-state index in [-0.39, 0.29) is 12.5 Å². The second-order valence-electron chi connectivity index (χ2n) is 6.81. The maximum absolute atomic E-state index is 11.9. The van der Waals surface area contributed by atoms with Gasteiger partial charge in [0.05, 0.1) is 12.8 Å². The Balaban J connectivity index is 1.30. The van der Waals surface area contributed by atoms with E-state index in [0.717, 1.165) is 50.6 Å². The number of piperazine rings is 1. The SMILES string of the molecule is COc1ccccc1N1CCN(CCCNC(=O)COc2ccccc2)CC1. The molecule has 150 valence electrons. The molecule has 28 heavy (non-hydrogen) atoms. The van der Waals surface area contributed by atoms with Gasteiger partial charge in [-0.25, -0.2) is 0 Å². The van der Waals surface area contributed by atoms with Gasteiger partial charge in [0, 0.05) is 32.7 Å². The highest BCUT2D eigenvalue weighted by molar-refractivity contribution is 5.77. The number of carbonyl (C=O) groups is 1. The predicted octanol–water partition coefficient (Wildman–Crippen LogP) is 2.40. The van der Waals surface area contributed by atoms with Crippen LogP contribution in [0.2, 0.25) is 0 Å². The van der Waals surface area contributed by atoms with Crippen molar-refractivity contribution < 1.29 is 14.3 Å². The number of nitrogens with one attached hydrogen (secondary N) is 1. The summed E-state index contributed by atoms with van der Waals surface area (Å²) in [4.78, 5) is 16.7. The van der Waals surface area contributed by atoms with E-state index in [9.17, 15) is 4.79 Å². The highest BCUT2D eigenvalue weighted by Crippen LogP contribution is 2.28. The van der Waals surface area contributed by atoms with Gasteiger partial charge in [0.2, 0.25) is 0 Å². The summed E-state index contributed by atoms with van der Waals surface area (Å²) in [6, 6.07) is 17.6. The number of methoxy groups -OCH3 is 1. The van der Waals surface area contributed by atoms with Crippen molar-refractivity contribution in [2.75, 3.05) is 57.9 Å². The molecule has 6 heteroatoms. The van der Waals surface area contributed by atoms with Crippen molar-refractivity contribution >= 4 is 11.6 Å². The summed E-state index contributed by atoms with van der Waals surface area (Å²) in [5, 5.41) is 2.92. The molecule has 0 unspecified atom stereocenters. The first kappa shape index (κ1) is 20.0. The zero-order valence-corrected chi connectivity index (χ0v) is 16.5. The Kier molecular flexibility index (Phi) is 7.55. The second kappa shape index (κ2) is 10.6. The third-order valence-corrected chi connectivity index (χ3v) is 4.88. The molecule has 3 rings (SSSR count). The van der Waals surface area contributed by atoms with Crippen LogP contribution in [0.4, 0.5) is 5.69 Å². The number of anilines is 1. The second-order valence-corrected chi connectivity index (χ2v) is 6.81. The molecule has 1 N–H and O–H groups in total. The summed E-state index contributed by atoms with van der Waals surface area (Å²) in [6.07, 6.45) is 0.936. The molecule has 0 saturated carbocycles. The fourth-order valence-corrected chi connectivity index (χ4v) is 3.35. The van der Waals surface area contributed by atoms with Crippen LogP contribution < -0.4 is 19.7 Å². The van der Waals surface area contributed by atoms with E-state index in [1.54, 1.807) is 7.11 Å². The van der Waals surface area contributed by atoms with Gasteiger partial charge >= 0.3 is 0 Å². The number of rotatable bonds is 9. The van der Waals surface area contributed by atoms with Crippen LogP contribution in [0.3, 0.4) is 0 Å². The van der Waals surface area contributed by atoms with Gasteiger partial charge in [0.1, 0.15) is 11.5 Å². The average molecular weight is 383 g/mol. The lowest BCUT2D eigenvalue weighted by Crippen LogP contribution is -2.47. The van der Waals surface area contributed by atoms with Crippen molar-refractivity contribution in [3.05, 3.63) is 54.6 Å². The molecule has 2 aromatic rings. The number of nitrogens with zero attached hydrogens (tertiary/aromatic N) is 2. The highest BCUT2D eigenvalue weighted by atomic mass is 16.5. The molecule has 6 nitrogen and oxygen atoms in total. The third-order valence-electron chi connectivity index (χ3n) is 4.88. The standard InChI is InChI=1S/C22H29N3O3/c1-27-21-11-6-5-10-20(21)25-16-14-24(15-17-25)13-7-12-23-22(26)18-28-19-8-3-2-4-9-19/h2-6,8-11H,7,12-18H2,1H3,(H,23,26). The number of amides is 1. The monoisotopic (exact) mass is 383 g/mol. The smallest absolute Gasteiger partial charge is 0.257 e. The molecule has 0 spiro atoms. The summed E-state index contributed by atoms with van der Waals surface area (Å²) in [6.45, 7) is 5.71. The maximum atomic E-state index is 11.9. The van der Waals surface area contributed by atoms with E-state index in [2.05, 4.69) is 27.2 Å². The van der Waals surface area contributed by atoms with Crippen LogP contribution in [-0.2, 0) is 4.79 Å². The molecular weight excluding hydrogens is 354 g/mol. The molecule has 1 aliphatic rings. The van der Waals surface area contributed by atoms with Crippen LogP contribution >= 0.6 is 0 Å². The minimum Gasteiger partial charge on any atom is -0.495 e. The molecule has 0 aromatic heterocycles. The van der Waals surface area contributed by atoms with Crippen molar-refractivity contribution in [2.45, 2.75) is 6.42 Å². The Morgan fingerprint density at radius 2 is 1.71 bits per heavy atom. The largest absolute Gasteiger partial charge is 0.495 e. The zero-order chi connectivity index (χ0) is 19.6. The van der Waals surface area contributed by atoms with Crippen LogP contribution in [0.5, 0.6) is 11.5 Å². The molecule has 1 fully saturated rings. The van der Waals surface area contributed by atoms with Gasteiger partial charge < -0.3 is 19.7 Å². The van der Waals surface area contributed by atoms with E-state index in [1.165, 1.54) is 0 Å². The topological polar surface area (TPSA) is 54.0 Å². The van der Waals surface area contributed by atoms with Crippen LogP contribution in [0.15, 0.2) is 54.6 Å². The lowest BCUT2D eigenvalue weighted by molar-refractivity contribution is -0.123. The summed E-state index contributed by atoms with van der Waals surface area (Å²) in [5.74, 6) is 1.56. The Labute approximate surface area is 167 Å². The molecule has 1 heterocycles. The zero-order valence-electron chi connectivity index (χ0n) is 16.5. The summed E-state index contributed by atoms with van der Waals surface area (Å²) in [5.41, 5.74) is 1.16. The van der Waals surface area contributed by atoms with Crippen molar-refractivity contribution in [3.8, 4) is 11.5 Å². The van der Waals surface area contributed by atoms with E-state index < -0.39 is 0 Å². The van der Waals surface area contributed by atoms with Crippen molar-refractivity contribution in [3.63, 3.8) is 0 Å². The molecule has 2 aromatic carbocycles. The lowest BCUT2D eigenvalue weighted by Gasteiger charge is -2.36. The molecule has 1 aliphatic heterocycles.